The molecule has 1 aromatic carbocycles. The number of amides is 1. The molecule has 1 atom stereocenters. The third-order valence-electron chi connectivity index (χ3n) is 5.91. The van der Waals surface area contributed by atoms with Gasteiger partial charge in [-0.25, -0.2) is 9.37 Å². The maximum absolute atomic E-state index is 13.1. The molecule has 1 saturated carbocycles. The lowest BCUT2D eigenvalue weighted by Gasteiger charge is -2.27. The maximum atomic E-state index is 13.1. The number of aryl methyl sites for hydroxylation is 1. The minimum absolute atomic E-state index is 0.165. The number of rotatable bonds is 5. The van der Waals surface area contributed by atoms with Gasteiger partial charge in [-0.1, -0.05) is 6.07 Å². The first-order valence-electron chi connectivity index (χ1n) is 10.4. The van der Waals surface area contributed by atoms with Crippen molar-refractivity contribution in [1.29, 1.82) is 0 Å². The van der Waals surface area contributed by atoms with Crippen molar-refractivity contribution in [3.05, 3.63) is 89.0 Å². The van der Waals surface area contributed by atoms with Crippen molar-refractivity contribution in [3.63, 3.8) is 0 Å². The van der Waals surface area contributed by atoms with E-state index in [0.717, 1.165) is 49.1 Å². The Kier molecular flexibility index (Phi) is 4.88. The molecule has 158 valence electrons. The molecule has 0 bridgehead atoms. The van der Waals surface area contributed by atoms with Crippen LogP contribution in [-0.2, 0) is 12.0 Å². The zero-order valence-electron chi connectivity index (χ0n) is 16.8. The molecule has 2 heterocycles. The lowest BCUT2D eigenvalue weighted by molar-refractivity contribution is 0.0929. The molecule has 5 rings (SSSR count). The summed E-state index contributed by atoms with van der Waals surface area (Å²) in [7, 11) is 0. The van der Waals surface area contributed by atoms with Crippen molar-refractivity contribution in [2.24, 2.45) is 0 Å². The number of nitrogens with one attached hydrogen (secondary N) is 1. The first kappa shape index (κ1) is 19.6. The molecule has 3 aromatic rings. The molecule has 2 aliphatic rings. The predicted molar refractivity (Wildman–Crippen MR) is 110 cm³/mol. The van der Waals surface area contributed by atoms with Gasteiger partial charge in [-0.05, 0) is 74.6 Å². The van der Waals surface area contributed by atoms with Crippen LogP contribution in [0.4, 0.5) is 8.78 Å². The molecule has 1 N–H and O–H groups in total. The van der Waals surface area contributed by atoms with Gasteiger partial charge < -0.3 is 10.1 Å². The van der Waals surface area contributed by atoms with Gasteiger partial charge in [-0.3, -0.25) is 9.78 Å². The van der Waals surface area contributed by atoms with Crippen LogP contribution in [0, 0.1) is 11.8 Å². The van der Waals surface area contributed by atoms with E-state index >= 15 is 0 Å². The number of aromatic nitrogens is 2. The fourth-order valence-electron chi connectivity index (χ4n) is 4.06. The molecule has 0 radical (unpaired) electrons. The van der Waals surface area contributed by atoms with E-state index in [1.54, 1.807) is 6.07 Å². The van der Waals surface area contributed by atoms with E-state index in [1.807, 2.05) is 12.1 Å². The largest absolute Gasteiger partial charge is 0.484 e. The molecular formula is C24H21F2N3O2. The monoisotopic (exact) mass is 421 g/mol. The predicted octanol–water partition coefficient (Wildman–Crippen LogP) is 4.63. The highest BCUT2D eigenvalue weighted by Crippen LogP contribution is 2.46. The standard InChI is InChI=1S/C24H21F2N3O2/c25-16-6-4-15(5-7-16)23(30)29-24(12-13-24)21-10-9-18-19(28-21)2-1-3-20(18)31-17-8-11-22(26)27-14-17/h4-11,14,20H,1-3,12-13H2,(H,29,30)/t20-/m1/s1. The summed E-state index contributed by atoms with van der Waals surface area (Å²) < 4.78 is 32.2. The number of carbonyl (C=O) groups excluding carboxylic acids is 1. The Morgan fingerprint density at radius 1 is 1.06 bits per heavy atom. The fraction of sp³-hybridized carbons (Fsp3) is 0.292. The Balaban J connectivity index is 1.35. The summed E-state index contributed by atoms with van der Waals surface area (Å²) in [5.41, 5.74) is 2.76. The van der Waals surface area contributed by atoms with Crippen LogP contribution in [0.5, 0.6) is 5.75 Å². The Morgan fingerprint density at radius 3 is 2.58 bits per heavy atom. The molecule has 0 saturated heterocycles. The number of pyridine rings is 2. The number of halogens is 2. The SMILES string of the molecule is O=C(NC1(c2ccc3c(n2)CCC[C@H]3Oc2ccc(F)nc2)CC1)c1ccc(F)cc1. The molecule has 5 nitrogen and oxygen atoms in total. The zero-order chi connectivity index (χ0) is 21.4. The van der Waals surface area contributed by atoms with E-state index in [4.69, 9.17) is 9.72 Å². The molecule has 1 fully saturated rings. The van der Waals surface area contributed by atoms with Crippen molar-refractivity contribution in [2.45, 2.75) is 43.7 Å². The van der Waals surface area contributed by atoms with Crippen LogP contribution in [0.3, 0.4) is 0 Å². The lowest BCUT2D eigenvalue weighted by Crippen LogP contribution is -2.36. The van der Waals surface area contributed by atoms with E-state index < -0.39 is 11.5 Å². The highest BCUT2D eigenvalue weighted by Gasteiger charge is 2.47. The average Bonchev–Trinajstić information content (AvgIpc) is 3.56. The summed E-state index contributed by atoms with van der Waals surface area (Å²) >= 11 is 0. The second-order valence-electron chi connectivity index (χ2n) is 8.09. The molecule has 2 aliphatic carbocycles. The number of benzene rings is 1. The van der Waals surface area contributed by atoms with Gasteiger partial charge in [0.1, 0.15) is 17.7 Å². The van der Waals surface area contributed by atoms with Gasteiger partial charge in [0, 0.05) is 16.8 Å². The number of hydrogen-bond acceptors (Lipinski definition) is 4. The Morgan fingerprint density at radius 2 is 1.87 bits per heavy atom. The Hall–Kier alpha value is -3.35. The van der Waals surface area contributed by atoms with E-state index in [2.05, 4.69) is 10.3 Å². The van der Waals surface area contributed by atoms with Crippen LogP contribution >= 0.6 is 0 Å². The lowest BCUT2D eigenvalue weighted by atomic mass is 9.92. The Bertz CT molecular complexity index is 1110. The molecule has 1 amide bonds. The first-order chi connectivity index (χ1) is 15.0. The van der Waals surface area contributed by atoms with Gasteiger partial charge in [-0.2, -0.15) is 4.39 Å². The van der Waals surface area contributed by atoms with Gasteiger partial charge in [0.25, 0.3) is 5.91 Å². The summed E-state index contributed by atoms with van der Waals surface area (Å²) in [6.45, 7) is 0. The first-order valence-corrected chi connectivity index (χ1v) is 10.4. The summed E-state index contributed by atoms with van der Waals surface area (Å²) in [5, 5.41) is 3.08. The van der Waals surface area contributed by atoms with Crippen molar-refractivity contribution >= 4 is 5.91 Å². The van der Waals surface area contributed by atoms with E-state index in [0.29, 0.717) is 11.3 Å². The summed E-state index contributed by atoms with van der Waals surface area (Å²) in [5.74, 6) is -0.627. The normalized spacial score (nSPS) is 18.7. The van der Waals surface area contributed by atoms with Crippen LogP contribution in [0.1, 0.15) is 59.1 Å². The van der Waals surface area contributed by atoms with E-state index in [1.165, 1.54) is 36.5 Å². The molecule has 0 unspecified atom stereocenters. The van der Waals surface area contributed by atoms with Gasteiger partial charge in [0.2, 0.25) is 5.95 Å². The Labute approximate surface area is 178 Å². The van der Waals surface area contributed by atoms with Crippen molar-refractivity contribution in [2.75, 3.05) is 0 Å². The summed E-state index contributed by atoms with van der Waals surface area (Å²) in [4.78, 5) is 21.2. The molecular weight excluding hydrogens is 400 g/mol. The summed E-state index contributed by atoms with van der Waals surface area (Å²) in [6.07, 6.45) is 5.46. The van der Waals surface area contributed by atoms with E-state index in [9.17, 15) is 13.6 Å². The molecule has 7 heteroatoms. The molecule has 0 spiro atoms. The molecule has 31 heavy (non-hydrogen) atoms. The highest BCUT2D eigenvalue weighted by molar-refractivity contribution is 5.95. The van der Waals surface area contributed by atoms with Crippen molar-refractivity contribution < 1.29 is 18.3 Å². The number of hydrogen-bond donors (Lipinski definition) is 1. The number of fused-ring (bicyclic) bond motifs is 1. The second kappa shape index (κ2) is 7.72. The van der Waals surface area contributed by atoms with Gasteiger partial charge in [0.15, 0.2) is 0 Å². The average molecular weight is 421 g/mol. The summed E-state index contributed by atoms with van der Waals surface area (Å²) in [6, 6.07) is 12.3. The number of carbonyl (C=O) groups is 1. The van der Waals surface area contributed by atoms with Gasteiger partial charge in [0.05, 0.1) is 17.4 Å². The molecule has 0 aliphatic heterocycles. The van der Waals surface area contributed by atoms with Gasteiger partial charge >= 0.3 is 0 Å². The third-order valence-corrected chi connectivity index (χ3v) is 5.91. The van der Waals surface area contributed by atoms with Crippen LogP contribution < -0.4 is 10.1 Å². The van der Waals surface area contributed by atoms with Crippen LogP contribution in [-0.4, -0.2) is 15.9 Å². The van der Waals surface area contributed by atoms with Crippen LogP contribution in [0.25, 0.3) is 0 Å². The van der Waals surface area contributed by atoms with Crippen LogP contribution in [0.15, 0.2) is 54.7 Å². The quantitative estimate of drug-likeness (QED) is 0.610. The highest BCUT2D eigenvalue weighted by atomic mass is 19.1. The topological polar surface area (TPSA) is 64.1 Å². The minimum Gasteiger partial charge on any atom is -0.484 e. The number of nitrogens with zero attached hydrogens (tertiary/aromatic N) is 2. The minimum atomic E-state index is -0.542. The maximum Gasteiger partial charge on any atom is 0.252 e. The third kappa shape index (κ3) is 4.00. The van der Waals surface area contributed by atoms with Crippen LogP contribution in [0.2, 0.25) is 0 Å². The molecule has 2 aromatic heterocycles. The van der Waals surface area contributed by atoms with Crippen molar-refractivity contribution in [1.82, 2.24) is 15.3 Å². The second-order valence-corrected chi connectivity index (χ2v) is 8.09. The smallest absolute Gasteiger partial charge is 0.252 e. The van der Waals surface area contributed by atoms with Gasteiger partial charge in [-0.15, -0.1) is 0 Å². The van der Waals surface area contributed by atoms with Crippen molar-refractivity contribution in [3.8, 4) is 5.75 Å². The zero-order valence-corrected chi connectivity index (χ0v) is 16.8. The number of ether oxygens (including phenoxy) is 1. The fourth-order valence-corrected chi connectivity index (χ4v) is 4.06. The van der Waals surface area contributed by atoms with E-state index in [-0.39, 0.29) is 17.8 Å².